The molecule has 1 heterocycles. The van der Waals surface area contributed by atoms with Gasteiger partial charge in [0.15, 0.2) is 6.61 Å². The van der Waals surface area contributed by atoms with Gasteiger partial charge >= 0.3 is 0 Å². The Kier molecular flexibility index (Phi) is 5.22. The first-order valence-corrected chi connectivity index (χ1v) is 5.13. The summed E-state index contributed by atoms with van der Waals surface area (Å²) in [6, 6.07) is 5.34. The Morgan fingerprint density at radius 3 is 3.07 bits per heavy atom. The van der Waals surface area contributed by atoms with Crippen LogP contribution in [0.2, 0.25) is 0 Å². The molecule has 0 radical (unpaired) electrons. The lowest BCUT2D eigenvalue weighted by Crippen LogP contribution is -2.29. The van der Waals surface area contributed by atoms with E-state index >= 15 is 0 Å². The molecule has 1 aromatic heterocycles. The second-order valence-corrected chi connectivity index (χ2v) is 3.16. The van der Waals surface area contributed by atoms with Crippen LogP contribution in [0, 0.1) is 0 Å². The Bertz CT molecular complexity index is 288. The van der Waals surface area contributed by atoms with E-state index in [2.05, 4.69) is 17.2 Å². The van der Waals surface area contributed by atoms with Gasteiger partial charge in [-0.05, 0) is 12.5 Å². The number of carbonyl (C=O) groups excluding carboxylic acids is 1. The van der Waals surface area contributed by atoms with Gasteiger partial charge in [0.05, 0.1) is 0 Å². The molecule has 0 fully saturated rings. The molecule has 0 aromatic carbocycles. The van der Waals surface area contributed by atoms with E-state index in [4.69, 9.17) is 4.74 Å². The van der Waals surface area contributed by atoms with Crippen LogP contribution in [0.4, 0.5) is 0 Å². The summed E-state index contributed by atoms with van der Waals surface area (Å²) in [5.74, 6) is 0.372. The molecule has 0 spiro atoms. The molecular weight excluding hydrogens is 192 g/mol. The standard InChI is InChI=1S/C11H16N2O2/c1-2-3-7-12-10(14)9-15-11-6-4-5-8-13-11/h4-6,8H,2-3,7,9H2,1H3,(H,12,14). The predicted octanol–water partition coefficient (Wildman–Crippen LogP) is 1.38. The van der Waals surface area contributed by atoms with Crippen LogP contribution < -0.4 is 10.1 Å². The van der Waals surface area contributed by atoms with Gasteiger partial charge in [0.1, 0.15) is 0 Å². The first kappa shape index (κ1) is 11.5. The molecular formula is C11H16N2O2. The Hall–Kier alpha value is -1.58. The molecule has 82 valence electrons. The number of ether oxygens (including phenoxy) is 1. The van der Waals surface area contributed by atoms with Crippen LogP contribution in [-0.2, 0) is 4.79 Å². The molecule has 4 nitrogen and oxygen atoms in total. The van der Waals surface area contributed by atoms with Crippen molar-refractivity contribution in [2.24, 2.45) is 0 Å². The van der Waals surface area contributed by atoms with Gasteiger partial charge in [0, 0.05) is 18.8 Å². The zero-order valence-electron chi connectivity index (χ0n) is 8.90. The zero-order valence-corrected chi connectivity index (χ0v) is 8.90. The zero-order chi connectivity index (χ0) is 10.9. The molecule has 15 heavy (non-hydrogen) atoms. The van der Waals surface area contributed by atoms with Crippen LogP contribution in [0.3, 0.4) is 0 Å². The van der Waals surface area contributed by atoms with Crippen molar-refractivity contribution in [3.63, 3.8) is 0 Å². The molecule has 1 N–H and O–H groups in total. The van der Waals surface area contributed by atoms with Gasteiger partial charge in [-0.25, -0.2) is 4.98 Å². The summed E-state index contributed by atoms with van der Waals surface area (Å²) in [5.41, 5.74) is 0. The molecule has 1 aromatic rings. The summed E-state index contributed by atoms with van der Waals surface area (Å²) < 4.78 is 5.18. The van der Waals surface area contributed by atoms with Crippen LogP contribution in [0.15, 0.2) is 24.4 Å². The maximum atomic E-state index is 11.2. The summed E-state index contributed by atoms with van der Waals surface area (Å²) >= 11 is 0. The molecule has 0 saturated carbocycles. The van der Waals surface area contributed by atoms with E-state index in [0.717, 1.165) is 12.8 Å². The molecule has 0 aliphatic carbocycles. The van der Waals surface area contributed by atoms with Crippen LogP contribution >= 0.6 is 0 Å². The largest absolute Gasteiger partial charge is 0.468 e. The topological polar surface area (TPSA) is 51.2 Å². The lowest BCUT2D eigenvalue weighted by molar-refractivity contribution is -0.123. The van der Waals surface area contributed by atoms with E-state index in [1.165, 1.54) is 0 Å². The SMILES string of the molecule is CCCCNC(=O)COc1ccccn1. The Morgan fingerprint density at radius 1 is 1.53 bits per heavy atom. The van der Waals surface area contributed by atoms with Crippen LogP contribution in [0.5, 0.6) is 5.88 Å². The first-order valence-electron chi connectivity index (χ1n) is 5.13. The van der Waals surface area contributed by atoms with E-state index in [1.807, 2.05) is 6.07 Å². The molecule has 0 aliphatic heterocycles. The van der Waals surface area contributed by atoms with E-state index in [9.17, 15) is 4.79 Å². The minimum absolute atomic E-state index is 0.0285. The van der Waals surface area contributed by atoms with Gasteiger partial charge in [-0.1, -0.05) is 19.4 Å². The number of rotatable bonds is 6. The number of unbranched alkanes of at least 4 members (excludes halogenated alkanes) is 1. The number of aromatic nitrogens is 1. The highest BCUT2D eigenvalue weighted by molar-refractivity contribution is 5.77. The number of amides is 1. The third kappa shape index (κ3) is 5.00. The highest BCUT2D eigenvalue weighted by atomic mass is 16.5. The number of carbonyl (C=O) groups is 1. The lowest BCUT2D eigenvalue weighted by Gasteiger charge is -2.05. The lowest BCUT2D eigenvalue weighted by atomic mass is 10.3. The smallest absolute Gasteiger partial charge is 0.258 e. The number of hydrogen-bond donors (Lipinski definition) is 1. The van der Waals surface area contributed by atoms with Crippen molar-refractivity contribution in [1.29, 1.82) is 0 Å². The maximum Gasteiger partial charge on any atom is 0.258 e. The van der Waals surface area contributed by atoms with Crippen LogP contribution in [0.25, 0.3) is 0 Å². The van der Waals surface area contributed by atoms with Crippen molar-refractivity contribution in [2.45, 2.75) is 19.8 Å². The van der Waals surface area contributed by atoms with E-state index < -0.39 is 0 Å². The number of nitrogens with one attached hydrogen (secondary N) is 1. The average Bonchev–Trinajstić information content (AvgIpc) is 2.28. The normalized spacial score (nSPS) is 9.67. The molecule has 4 heteroatoms. The highest BCUT2D eigenvalue weighted by Crippen LogP contribution is 2.02. The van der Waals surface area contributed by atoms with Crippen molar-refractivity contribution in [3.05, 3.63) is 24.4 Å². The summed E-state index contributed by atoms with van der Waals surface area (Å²) in [7, 11) is 0. The Labute approximate surface area is 89.7 Å². The summed E-state index contributed by atoms with van der Waals surface area (Å²) in [6.07, 6.45) is 3.70. The molecule has 1 rings (SSSR count). The molecule has 0 unspecified atom stereocenters. The second kappa shape index (κ2) is 6.81. The van der Waals surface area contributed by atoms with Gasteiger partial charge in [0.25, 0.3) is 5.91 Å². The fourth-order valence-corrected chi connectivity index (χ4v) is 1.03. The number of pyridine rings is 1. The van der Waals surface area contributed by atoms with Crippen molar-refractivity contribution >= 4 is 5.91 Å². The summed E-state index contributed by atoms with van der Waals surface area (Å²) in [4.78, 5) is 15.2. The number of nitrogens with zero attached hydrogens (tertiary/aromatic N) is 1. The highest BCUT2D eigenvalue weighted by Gasteiger charge is 2.01. The van der Waals surface area contributed by atoms with Gasteiger partial charge in [-0.2, -0.15) is 0 Å². The molecule has 0 bridgehead atoms. The predicted molar refractivity (Wildman–Crippen MR) is 57.6 cm³/mol. The van der Waals surface area contributed by atoms with E-state index in [1.54, 1.807) is 18.3 Å². The minimum atomic E-state index is -0.103. The first-order chi connectivity index (χ1) is 7.33. The third-order valence-corrected chi connectivity index (χ3v) is 1.84. The number of hydrogen-bond acceptors (Lipinski definition) is 3. The van der Waals surface area contributed by atoms with Crippen molar-refractivity contribution in [2.75, 3.05) is 13.2 Å². The monoisotopic (exact) mass is 208 g/mol. The third-order valence-electron chi connectivity index (χ3n) is 1.84. The van der Waals surface area contributed by atoms with E-state index in [0.29, 0.717) is 12.4 Å². The van der Waals surface area contributed by atoms with E-state index in [-0.39, 0.29) is 12.5 Å². The summed E-state index contributed by atoms with van der Waals surface area (Å²) in [5, 5.41) is 2.76. The van der Waals surface area contributed by atoms with Crippen molar-refractivity contribution < 1.29 is 9.53 Å². The van der Waals surface area contributed by atoms with Crippen molar-refractivity contribution in [1.82, 2.24) is 10.3 Å². The Balaban J connectivity index is 2.17. The van der Waals surface area contributed by atoms with Gasteiger partial charge in [0.2, 0.25) is 5.88 Å². The van der Waals surface area contributed by atoms with Gasteiger partial charge in [-0.3, -0.25) is 4.79 Å². The molecule has 0 atom stereocenters. The average molecular weight is 208 g/mol. The van der Waals surface area contributed by atoms with Gasteiger partial charge in [-0.15, -0.1) is 0 Å². The molecule has 0 aliphatic rings. The summed E-state index contributed by atoms with van der Waals surface area (Å²) in [6.45, 7) is 2.82. The minimum Gasteiger partial charge on any atom is -0.468 e. The van der Waals surface area contributed by atoms with Crippen LogP contribution in [0.1, 0.15) is 19.8 Å². The van der Waals surface area contributed by atoms with Gasteiger partial charge < -0.3 is 10.1 Å². The fraction of sp³-hybridized carbons (Fsp3) is 0.455. The second-order valence-electron chi connectivity index (χ2n) is 3.16. The molecule has 0 saturated heterocycles. The van der Waals surface area contributed by atoms with Crippen molar-refractivity contribution in [3.8, 4) is 5.88 Å². The quantitative estimate of drug-likeness (QED) is 0.718. The molecule has 1 amide bonds. The van der Waals surface area contributed by atoms with Crippen LogP contribution in [-0.4, -0.2) is 24.0 Å². The fourth-order valence-electron chi connectivity index (χ4n) is 1.03. The Morgan fingerprint density at radius 2 is 2.40 bits per heavy atom. The maximum absolute atomic E-state index is 11.2.